The lowest BCUT2D eigenvalue weighted by Crippen LogP contribution is -2.26. The molecule has 1 aromatic rings. The standard InChI is InChI=1S/C13H16BrClN2O.ClH/c14-11-7-10(1-2-12(11)15)13(18)17-6-4-9-3-5-16-8-9;/h1-2,7,9,16H,3-6,8H2,(H,17,18);1H. The van der Waals surface area contributed by atoms with E-state index in [1.807, 2.05) is 0 Å². The molecule has 1 atom stereocenters. The normalized spacial score (nSPS) is 17.9. The van der Waals surface area contributed by atoms with Gasteiger partial charge in [0.15, 0.2) is 0 Å². The highest BCUT2D eigenvalue weighted by atomic mass is 79.9. The molecule has 0 saturated carbocycles. The molecule has 1 amide bonds. The molecule has 1 heterocycles. The Morgan fingerprint density at radius 1 is 1.53 bits per heavy atom. The van der Waals surface area contributed by atoms with Crippen molar-refractivity contribution in [2.45, 2.75) is 12.8 Å². The summed E-state index contributed by atoms with van der Waals surface area (Å²) in [6.07, 6.45) is 2.25. The third kappa shape index (κ3) is 4.95. The fraction of sp³-hybridized carbons (Fsp3) is 0.462. The number of nitrogens with one attached hydrogen (secondary N) is 2. The molecule has 2 rings (SSSR count). The van der Waals surface area contributed by atoms with Gasteiger partial charge >= 0.3 is 0 Å². The van der Waals surface area contributed by atoms with Crippen molar-refractivity contribution < 1.29 is 4.79 Å². The Morgan fingerprint density at radius 2 is 2.32 bits per heavy atom. The molecule has 1 aliphatic heterocycles. The molecule has 0 aliphatic carbocycles. The van der Waals surface area contributed by atoms with E-state index >= 15 is 0 Å². The minimum Gasteiger partial charge on any atom is -0.352 e. The minimum absolute atomic E-state index is 0. The van der Waals surface area contributed by atoms with Gasteiger partial charge in [0, 0.05) is 16.6 Å². The lowest BCUT2D eigenvalue weighted by Gasteiger charge is -2.09. The van der Waals surface area contributed by atoms with E-state index < -0.39 is 0 Å². The predicted molar refractivity (Wildman–Crippen MR) is 84.3 cm³/mol. The number of carbonyl (C=O) groups is 1. The SMILES string of the molecule is Cl.O=C(NCCC1CCNC1)c1ccc(Cl)c(Br)c1. The van der Waals surface area contributed by atoms with Crippen LogP contribution in [0, 0.1) is 5.92 Å². The molecular formula is C13H17BrCl2N2O. The van der Waals surface area contributed by atoms with Crippen LogP contribution in [0.3, 0.4) is 0 Å². The Labute approximate surface area is 133 Å². The molecular weight excluding hydrogens is 351 g/mol. The molecule has 1 saturated heterocycles. The summed E-state index contributed by atoms with van der Waals surface area (Å²) in [6, 6.07) is 5.20. The van der Waals surface area contributed by atoms with Crippen LogP contribution in [0.25, 0.3) is 0 Å². The first-order chi connectivity index (χ1) is 8.66. The lowest BCUT2D eigenvalue weighted by atomic mass is 10.1. The number of hydrogen-bond acceptors (Lipinski definition) is 2. The van der Waals surface area contributed by atoms with E-state index in [9.17, 15) is 4.79 Å². The average molecular weight is 368 g/mol. The predicted octanol–water partition coefficient (Wildman–Crippen LogP) is 3.25. The van der Waals surface area contributed by atoms with Crippen LogP contribution in [0.1, 0.15) is 23.2 Å². The average Bonchev–Trinajstić information content (AvgIpc) is 2.85. The van der Waals surface area contributed by atoms with Gasteiger partial charge in [0.05, 0.1) is 5.02 Å². The molecule has 1 aromatic carbocycles. The lowest BCUT2D eigenvalue weighted by molar-refractivity contribution is 0.0951. The van der Waals surface area contributed by atoms with Crippen molar-refractivity contribution in [2.24, 2.45) is 5.92 Å². The fourth-order valence-corrected chi connectivity index (χ4v) is 2.59. The number of benzene rings is 1. The van der Waals surface area contributed by atoms with Gasteiger partial charge in [0.2, 0.25) is 0 Å². The van der Waals surface area contributed by atoms with E-state index in [0.29, 0.717) is 16.5 Å². The van der Waals surface area contributed by atoms with Crippen LogP contribution < -0.4 is 10.6 Å². The monoisotopic (exact) mass is 366 g/mol. The van der Waals surface area contributed by atoms with Crippen molar-refractivity contribution in [3.05, 3.63) is 33.3 Å². The molecule has 1 unspecified atom stereocenters. The van der Waals surface area contributed by atoms with Crippen molar-refractivity contribution >= 4 is 45.8 Å². The van der Waals surface area contributed by atoms with Crippen molar-refractivity contribution in [1.82, 2.24) is 10.6 Å². The maximum absolute atomic E-state index is 11.9. The largest absolute Gasteiger partial charge is 0.352 e. The molecule has 1 fully saturated rings. The smallest absolute Gasteiger partial charge is 0.251 e. The van der Waals surface area contributed by atoms with E-state index in [1.165, 1.54) is 6.42 Å². The summed E-state index contributed by atoms with van der Waals surface area (Å²) < 4.78 is 0.747. The van der Waals surface area contributed by atoms with Gasteiger partial charge in [0.25, 0.3) is 5.91 Å². The highest BCUT2D eigenvalue weighted by molar-refractivity contribution is 9.10. The van der Waals surface area contributed by atoms with Gasteiger partial charge in [-0.15, -0.1) is 12.4 Å². The van der Waals surface area contributed by atoms with Crippen molar-refractivity contribution in [3.8, 4) is 0 Å². The number of rotatable bonds is 4. The van der Waals surface area contributed by atoms with Gasteiger partial charge in [-0.3, -0.25) is 4.79 Å². The topological polar surface area (TPSA) is 41.1 Å². The van der Waals surface area contributed by atoms with Crippen LogP contribution in [-0.2, 0) is 0 Å². The summed E-state index contributed by atoms with van der Waals surface area (Å²) in [5, 5.41) is 6.88. The van der Waals surface area contributed by atoms with Crippen LogP contribution in [0.4, 0.5) is 0 Å². The van der Waals surface area contributed by atoms with Crippen LogP contribution in [0.15, 0.2) is 22.7 Å². The highest BCUT2D eigenvalue weighted by Gasteiger charge is 2.14. The molecule has 106 valence electrons. The van der Waals surface area contributed by atoms with Gasteiger partial charge < -0.3 is 10.6 Å². The van der Waals surface area contributed by atoms with E-state index in [-0.39, 0.29) is 18.3 Å². The summed E-state index contributed by atoms with van der Waals surface area (Å²) in [5.74, 6) is 0.653. The molecule has 0 bridgehead atoms. The second-order valence-corrected chi connectivity index (χ2v) is 5.79. The zero-order valence-corrected chi connectivity index (χ0v) is 13.6. The molecule has 0 radical (unpaired) electrons. The van der Waals surface area contributed by atoms with Crippen molar-refractivity contribution in [3.63, 3.8) is 0 Å². The molecule has 2 N–H and O–H groups in total. The summed E-state index contributed by atoms with van der Waals surface area (Å²) in [7, 11) is 0. The summed E-state index contributed by atoms with van der Waals surface area (Å²) in [4.78, 5) is 11.9. The molecule has 0 spiro atoms. The van der Waals surface area contributed by atoms with Gasteiger partial charge in [-0.2, -0.15) is 0 Å². The van der Waals surface area contributed by atoms with E-state index in [2.05, 4.69) is 26.6 Å². The Bertz CT molecular complexity index is 437. The van der Waals surface area contributed by atoms with E-state index in [0.717, 1.165) is 30.5 Å². The maximum Gasteiger partial charge on any atom is 0.251 e. The van der Waals surface area contributed by atoms with Crippen LogP contribution in [-0.4, -0.2) is 25.5 Å². The second-order valence-electron chi connectivity index (χ2n) is 4.53. The van der Waals surface area contributed by atoms with E-state index in [4.69, 9.17) is 11.6 Å². The summed E-state index contributed by atoms with van der Waals surface area (Å²) in [6.45, 7) is 2.90. The number of amides is 1. The van der Waals surface area contributed by atoms with Crippen molar-refractivity contribution in [1.29, 1.82) is 0 Å². The first-order valence-electron chi connectivity index (χ1n) is 6.11. The first kappa shape index (κ1) is 16.8. The first-order valence-corrected chi connectivity index (χ1v) is 7.28. The molecule has 1 aliphatic rings. The van der Waals surface area contributed by atoms with Crippen molar-refractivity contribution in [2.75, 3.05) is 19.6 Å². The number of carbonyl (C=O) groups excluding carboxylic acids is 1. The molecule has 0 aromatic heterocycles. The Morgan fingerprint density at radius 3 is 2.95 bits per heavy atom. The zero-order chi connectivity index (χ0) is 13.0. The Hall–Kier alpha value is -0.290. The van der Waals surface area contributed by atoms with Gasteiger partial charge in [-0.1, -0.05) is 11.6 Å². The van der Waals surface area contributed by atoms with Gasteiger partial charge in [0.1, 0.15) is 0 Å². The van der Waals surface area contributed by atoms with Crippen LogP contribution >= 0.6 is 39.9 Å². The third-order valence-electron chi connectivity index (χ3n) is 3.18. The van der Waals surface area contributed by atoms with Gasteiger partial charge in [-0.25, -0.2) is 0 Å². The zero-order valence-electron chi connectivity index (χ0n) is 10.4. The van der Waals surface area contributed by atoms with E-state index in [1.54, 1.807) is 18.2 Å². The third-order valence-corrected chi connectivity index (χ3v) is 4.40. The van der Waals surface area contributed by atoms with Crippen LogP contribution in [0.5, 0.6) is 0 Å². The quantitative estimate of drug-likeness (QED) is 0.857. The maximum atomic E-state index is 11.9. The van der Waals surface area contributed by atoms with Crippen LogP contribution in [0.2, 0.25) is 5.02 Å². The van der Waals surface area contributed by atoms with Gasteiger partial charge in [-0.05, 0) is 66.0 Å². The minimum atomic E-state index is -0.0432. The second kappa shape index (κ2) is 8.10. The summed E-state index contributed by atoms with van der Waals surface area (Å²) >= 11 is 9.21. The molecule has 19 heavy (non-hydrogen) atoms. The molecule has 3 nitrogen and oxygen atoms in total. The Balaban J connectivity index is 0.00000180. The summed E-state index contributed by atoms with van der Waals surface area (Å²) in [5.41, 5.74) is 0.635. The number of hydrogen-bond donors (Lipinski definition) is 2. The fourth-order valence-electron chi connectivity index (χ4n) is 2.09. The highest BCUT2D eigenvalue weighted by Crippen LogP contribution is 2.23. The molecule has 6 heteroatoms. The number of halogens is 3. The Kier molecular flexibility index (Phi) is 7.15.